The summed E-state index contributed by atoms with van der Waals surface area (Å²) < 4.78 is 2.11. The summed E-state index contributed by atoms with van der Waals surface area (Å²) in [5.41, 5.74) is 0.999. The van der Waals surface area contributed by atoms with Crippen LogP contribution in [0.4, 0.5) is 0 Å². The summed E-state index contributed by atoms with van der Waals surface area (Å²) in [7, 11) is 0. The van der Waals surface area contributed by atoms with Crippen molar-refractivity contribution >= 4 is 5.65 Å². The van der Waals surface area contributed by atoms with Gasteiger partial charge in [-0.05, 0) is 32.0 Å². The first-order valence-electron chi connectivity index (χ1n) is 5.44. The van der Waals surface area contributed by atoms with Gasteiger partial charge in [0.25, 0.3) is 0 Å². The molecular formula is C11H14N4. The molecule has 78 valence electrons. The van der Waals surface area contributed by atoms with Gasteiger partial charge in [0.2, 0.25) is 0 Å². The second-order valence-electron chi connectivity index (χ2n) is 3.98. The van der Waals surface area contributed by atoms with E-state index >= 15 is 0 Å². The summed E-state index contributed by atoms with van der Waals surface area (Å²) >= 11 is 0. The molecular weight excluding hydrogens is 188 g/mol. The van der Waals surface area contributed by atoms with Crippen LogP contribution in [0.1, 0.15) is 24.6 Å². The van der Waals surface area contributed by atoms with Gasteiger partial charge in [0, 0.05) is 24.5 Å². The van der Waals surface area contributed by atoms with E-state index in [1.165, 1.54) is 12.8 Å². The number of hydrogen-bond donors (Lipinski definition) is 1. The van der Waals surface area contributed by atoms with Gasteiger partial charge < -0.3 is 5.32 Å². The number of hydrogen-bond acceptors (Lipinski definition) is 3. The average molecular weight is 202 g/mol. The van der Waals surface area contributed by atoms with E-state index in [2.05, 4.69) is 19.7 Å². The third-order valence-electron chi connectivity index (χ3n) is 3.05. The van der Waals surface area contributed by atoms with Gasteiger partial charge in [0.15, 0.2) is 0 Å². The Balaban J connectivity index is 2.05. The van der Waals surface area contributed by atoms with Gasteiger partial charge in [-0.1, -0.05) is 0 Å². The predicted molar refractivity (Wildman–Crippen MR) is 57.8 cm³/mol. The van der Waals surface area contributed by atoms with Crippen molar-refractivity contribution < 1.29 is 0 Å². The molecule has 1 aliphatic rings. The zero-order valence-corrected chi connectivity index (χ0v) is 8.56. The minimum atomic E-state index is 0.573. The summed E-state index contributed by atoms with van der Waals surface area (Å²) in [6.07, 6.45) is 8.04. The number of imidazole rings is 1. The fraction of sp³-hybridized carbons (Fsp3) is 0.455. The van der Waals surface area contributed by atoms with Crippen LogP contribution in [-0.2, 0) is 0 Å². The fourth-order valence-corrected chi connectivity index (χ4v) is 2.26. The highest BCUT2D eigenvalue weighted by molar-refractivity contribution is 5.37. The molecule has 3 rings (SSSR count). The van der Waals surface area contributed by atoms with Crippen LogP contribution >= 0.6 is 0 Å². The van der Waals surface area contributed by atoms with E-state index in [1.807, 2.05) is 24.7 Å². The van der Waals surface area contributed by atoms with Crippen molar-refractivity contribution in [3.63, 3.8) is 0 Å². The Morgan fingerprint density at radius 1 is 1.20 bits per heavy atom. The average Bonchev–Trinajstić information content (AvgIpc) is 2.78. The van der Waals surface area contributed by atoms with Crippen LogP contribution < -0.4 is 5.32 Å². The van der Waals surface area contributed by atoms with Crippen molar-refractivity contribution in [3.8, 4) is 0 Å². The Morgan fingerprint density at radius 2 is 2.07 bits per heavy atom. The molecule has 4 heteroatoms. The highest BCUT2D eigenvalue weighted by Crippen LogP contribution is 2.23. The van der Waals surface area contributed by atoms with Gasteiger partial charge in [0.05, 0.1) is 0 Å². The van der Waals surface area contributed by atoms with Crippen molar-refractivity contribution in [1.82, 2.24) is 19.7 Å². The molecule has 0 spiro atoms. The predicted octanol–water partition coefficient (Wildman–Crippen LogP) is 1.20. The lowest BCUT2D eigenvalue weighted by Crippen LogP contribution is -2.28. The van der Waals surface area contributed by atoms with E-state index in [0.29, 0.717) is 5.92 Å². The van der Waals surface area contributed by atoms with Crippen LogP contribution in [0.5, 0.6) is 0 Å². The first kappa shape index (κ1) is 8.85. The monoisotopic (exact) mass is 202 g/mol. The maximum Gasteiger partial charge on any atom is 0.139 e. The van der Waals surface area contributed by atoms with Gasteiger partial charge in [-0.2, -0.15) is 0 Å². The molecule has 0 radical (unpaired) electrons. The lowest BCUT2D eigenvalue weighted by molar-refractivity contribution is 0.442. The van der Waals surface area contributed by atoms with Crippen molar-refractivity contribution in [2.45, 2.75) is 18.8 Å². The highest BCUT2D eigenvalue weighted by atomic mass is 15.1. The maximum absolute atomic E-state index is 4.50. The molecule has 0 atom stereocenters. The second-order valence-corrected chi connectivity index (χ2v) is 3.98. The summed E-state index contributed by atoms with van der Waals surface area (Å²) in [5.74, 6) is 1.73. The number of nitrogens with zero attached hydrogens (tertiary/aromatic N) is 3. The molecule has 15 heavy (non-hydrogen) atoms. The lowest BCUT2D eigenvalue weighted by Gasteiger charge is -2.22. The summed E-state index contributed by atoms with van der Waals surface area (Å²) in [4.78, 5) is 8.78. The molecule has 1 saturated heterocycles. The van der Waals surface area contributed by atoms with E-state index in [4.69, 9.17) is 0 Å². The molecule has 2 aromatic rings. The minimum absolute atomic E-state index is 0.573. The molecule has 1 fully saturated rings. The zero-order valence-electron chi connectivity index (χ0n) is 8.56. The minimum Gasteiger partial charge on any atom is -0.317 e. The number of rotatable bonds is 1. The number of piperidine rings is 1. The molecule has 0 aliphatic carbocycles. The van der Waals surface area contributed by atoms with Crippen molar-refractivity contribution in [2.75, 3.05) is 13.1 Å². The van der Waals surface area contributed by atoms with Gasteiger partial charge in [-0.15, -0.1) is 0 Å². The zero-order chi connectivity index (χ0) is 10.1. The van der Waals surface area contributed by atoms with E-state index < -0.39 is 0 Å². The second kappa shape index (κ2) is 3.62. The van der Waals surface area contributed by atoms with Crippen molar-refractivity contribution in [3.05, 3.63) is 30.5 Å². The Hall–Kier alpha value is -1.42. The standard InChI is InChI=1S/C11H14N4/c1-4-12-5-2-9(1)11-14-6-3-10-13-7-8-15(10)11/h3,6-9,12H,1-2,4-5H2. The number of fused-ring (bicyclic) bond motifs is 1. The third-order valence-corrected chi connectivity index (χ3v) is 3.05. The molecule has 0 aromatic carbocycles. The molecule has 0 amide bonds. The lowest BCUT2D eigenvalue weighted by atomic mass is 9.97. The Morgan fingerprint density at radius 3 is 2.93 bits per heavy atom. The first-order chi connectivity index (χ1) is 7.45. The summed E-state index contributed by atoms with van der Waals surface area (Å²) in [5, 5.41) is 3.37. The summed E-state index contributed by atoms with van der Waals surface area (Å²) in [6, 6.07) is 1.95. The molecule has 1 N–H and O–H groups in total. The van der Waals surface area contributed by atoms with Crippen molar-refractivity contribution in [1.29, 1.82) is 0 Å². The van der Waals surface area contributed by atoms with Gasteiger partial charge in [0.1, 0.15) is 11.5 Å². The van der Waals surface area contributed by atoms with Crippen LogP contribution in [-0.4, -0.2) is 27.5 Å². The van der Waals surface area contributed by atoms with Gasteiger partial charge >= 0.3 is 0 Å². The summed E-state index contributed by atoms with van der Waals surface area (Å²) in [6.45, 7) is 2.19. The van der Waals surface area contributed by atoms with Crippen LogP contribution in [0.25, 0.3) is 5.65 Å². The Bertz CT molecular complexity index is 456. The molecule has 2 aromatic heterocycles. The third kappa shape index (κ3) is 1.51. The fourth-order valence-electron chi connectivity index (χ4n) is 2.26. The Kier molecular flexibility index (Phi) is 2.14. The molecule has 0 bridgehead atoms. The van der Waals surface area contributed by atoms with Crippen LogP contribution in [0, 0.1) is 0 Å². The smallest absolute Gasteiger partial charge is 0.139 e. The van der Waals surface area contributed by atoms with E-state index in [1.54, 1.807) is 0 Å². The quantitative estimate of drug-likeness (QED) is 0.755. The normalized spacial score (nSPS) is 18.4. The first-order valence-corrected chi connectivity index (χ1v) is 5.44. The van der Waals surface area contributed by atoms with Crippen molar-refractivity contribution in [2.24, 2.45) is 0 Å². The highest BCUT2D eigenvalue weighted by Gasteiger charge is 2.18. The molecule has 4 nitrogen and oxygen atoms in total. The van der Waals surface area contributed by atoms with E-state index in [0.717, 1.165) is 24.6 Å². The van der Waals surface area contributed by atoms with Crippen LogP contribution in [0.3, 0.4) is 0 Å². The molecule has 0 unspecified atom stereocenters. The van der Waals surface area contributed by atoms with Gasteiger partial charge in [-0.3, -0.25) is 4.40 Å². The maximum atomic E-state index is 4.50. The van der Waals surface area contributed by atoms with Crippen LogP contribution in [0.15, 0.2) is 24.7 Å². The topological polar surface area (TPSA) is 42.2 Å². The molecule has 1 aliphatic heterocycles. The Labute approximate surface area is 88.4 Å². The van der Waals surface area contributed by atoms with Crippen LogP contribution in [0.2, 0.25) is 0 Å². The number of aromatic nitrogens is 3. The van der Waals surface area contributed by atoms with Gasteiger partial charge in [-0.25, -0.2) is 9.97 Å². The number of nitrogens with one attached hydrogen (secondary N) is 1. The largest absolute Gasteiger partial charge is 0.317 e. The van der Waals surface area contributed by atoms with E-state index in [-0.39, 0.29) is 0 Å². The van der Waals surface area contributed by atoms with E-state index in [9.17, 15) is 0 Å². The molecule has 3 heterocycles. The SMILES string of the molecule is c1cc2nccn2c(C2CCNCC2)n1. The molecule has 0 saturated carbocycles.